The molecule has 0 aliphatic carbocycles. The fraction of sp³-hybridized carbons (Fsp3) is 0.263. The summed E-state index contributed by atoms with van der Waals surface area (Å²) in [5.74, 6) is 1.36. The van der Waals surface area contributed by atoms with E-state index in [1.807, 2.05) is 24.3 Å². The number of thiocarbonyl (C=S) groups is 1. The van der Waals surface area contributed by atoms with Crippen molar-refractivity contribution in [1.82, 2.24) is 5.32 Å². The number of phenolic OH excluding ortho intramolecular Hbond substituents is 1. The minimum Gasteiger partial charge on any atom is -0.508 e. The molecule has 2 heterocycles. The molecule has 2 aromatic rings. The molecule has 1 aromatic carbocycles. The quantitative estimate of drug-likeness (QED) is 0.594. The van der Waals surface area contributed by atoms with Gasteiger partial charge in [-0.1, -0.05) is 44.8 Å². The molecule has 1 saturated heterocycles. The number of amides is 1. The first-order valence-corrected chi connectivity index (χ1v) is 9.21. The second kappa shape index (κ2) is 6.69. The molecule has 3 rings (SSSR count). The van der Waals surface area contributed by atoms with Crippen LogP contribution in [0.5, 0.6) is 5.75 Å². The van der Waals surface area contributed by atoms with E-state index in [1.54, 1.807) is 12.1 Å². The molecule has 0 saturated carbocycles. The summed E-state index contributed by atoms with van der Waals surface area (Å²) in [6.45, 7) is 6.29. The van der Waals surface area contributed by atoms with E-state index in [-0.39, 0.29) is 17.1 Å². The van der Waals surface area contributed by atoms with Gasteiger partial charge in [0.2, 0.25) is 0 Å². The van der Waals surface area contributed by atoms with Crippen molar-refractivity contribution in [3.8, 4) is 17.1 Å². The molecule has 0 bridgehead atoms. The molecule has 2 N–H and O–H groups in total. The molecule has 130 valence electrons. The van der Waals surface area contributed by atoms with Gasteiger partial charge < -0.3 is 14.8 Å². The third-order valence-corrected chi connectivity index (χ3v) is 5.60. The zero-order valence-electron chi connectivity index (χ0n) is 14.3. The summed E-state index contributed by atoms with van der Waals surface area (Å²) in [5, 5.41) is 12.8. The van der Waals surface area contributed by atoms with E-state index in [1.165, 1.54) is 11.8 Å². The Balaban J connectivity index is 1.93. The van der Waals surface area contributed by atoms with Gasteiger partial charge in [-0.2, -0.15) is 0 Å². The lowest BCUT2D eigenvalue weighted by molar-refractivity contribution is -0.115. The normalized spacial score (nSPS) is 16.5. The van der Waals surface area contributed by atoms with Gasteiger partial charge in [0.15, 0.2) is 0 Å². The average Bonchev–Trinajstić information content (AvgIpc) is 3.14. The number of furan rings is 1. The van der Waals surface area contributed by atoms with Gasteiger partial charge in [0.05, 0.1) is 4.91 Å². The second-order valence-corrected chi connectivity index (χ2v) is 8.24. The van der Waals surface area contributed by atoms with Crippen LogP contribution >= 0.6 is 24.0 Å². The lowest BCUT2D eigenvalue weighted by Gasteiger charge is -2.24. The molecular formula is C19H19NO3S2. The van der Waals surface area contributed by atoms with E-state index in [2.05, 4.69) is 26.1 Å². The molecule has 6 heteroatoms. The van der Waals surface area contributed by atoms with Crippen LogP contribution in [0, 0.1) is 0 Å². The summed E-state index contributed by atoms with van der Waals surface area (Å²) in [4.78, 5) is 12.3. The Hall–Kier alpha value is -2.05. The molecule has 0 atom stereocenters. The van der Waals surface area contributed by atoms with Crippen molar-refractivity contribution in [2.24, 2.45) is 0 Å². The summed E-state index contributed by atoms with van der Waals surface area (Å²) in [6.07, 6.45) is 2.59. The summed E-state index contributed by atoms with van der Waals surface area (Å²) < 4.78 is 6.31. The molecular weight excluding hydrogens is 354 g/mol. The highest BCUT2D eigenvalue weighted by Gasteiger charge is 2.24. The maximum atomic E-state index is 11.7. The Morgan fingerprint density at radius 1 is 1.32 bits per heavy atom. The highest BCUT2D eigenvalue weighted by Crippen LogP contribution is 2.37. The van der Waals surface area contributed by atoms with Gasteiger partial charge in [-0.05, 0) is 42.2 Å². The van der Waals surface area contributed by atoms with Gasteiger partial charge in [0, 0.05) is 17.2 Å². The van der Waals surface area contributed by atoms with Crippen LogP contribution in [0.4, 0.5) is 0 Å². The maximum absolute atomic E-state index is 11.7. The van der Waals surface area contributed by atoms with Crippen LogP contribution < -0.4 is 5.32 Å². The molecule has 1 aliphatic rings. The minimum absolute atomic E-state index is 0.133. The molecule has 0 radical (unpaired) electrons. The smallest absolute Gasteiger partial charge is 0.263 e. The number of hydrogen-bond acceptors (Lipinski definition) is 5. The van der Waals surface area contributed by atoms with E-state index in [4.69, 9.17) is 16.6 Å². The van der Waals surface area contributed by atoms with Crippen LogP contribution in [0.25, 0.3) is 17.4 Å². The van der Waals surface area contributed by atoms with Crippen molar-refractivity contribution in [3.05, 3.63) is 46.6 Å². The van der Waals surface area contributed by atoms with Crippen molar-refractivity contribution < 1.29 is 14.3 Å². The Morgan fingerprint density at radius 2 is 2.08 bits per heavy atom. The Bertz CT molecular complexity index is 881. The lowest BCUT2D eigenvalue weighted by Crippen LogP contribution is -2.17. The van der Waals surface area contributed by atoms with Gasteiger partial charge in [-0.15, -0.1) is 0 Å². The standard InChI is InChI=1S/C19H19NO3S2/c1-4-19(2,3)13-9-11(5-7-14(13)21)15-8-6-12(23-15)10-16-17(22)20-18(24)25-16/h5-10,21H,4H2,1-3H3,(H,20,22,24). The van der Waals surface area contributed by atoms with Gasteiger partial charge >= 0.3 is 0 Å². The molecule has 25 heavy (non-hydrogen) atoms. The molecule has 1 amide bonds. The fourth-order valence-electron chi connectivity index (χ4n) is 2.56. The SMILES string of the molecule is CCC(C)(C)c1cc(-c2ccc(C=C3SC(=S)NC3=O)o2)ccc1O. The summed E-state index contributed by atoms with van der Waals surface area (Å²) in [5.41, 5.74) is 1.64. The van der Waals surface area contributed by atoms with Crippen molar-refractivity contribution in [1.29, 1.82) is 0 Å². The molecule has 0 unspecified atom stereocenters. The maximum Gasteiger partial charge on any atom is 0.263 e. The molecule has 4 nitrogen and oxygen atoms in total. The van der Waals surface area contributed by atoms with Crippen LogP contribution in [0.3, 0.4) is 0 Å². The average molecular weight is 373 g/mol. The largest absolute Gasteiger partial charge is 0.508 e. The van der Waals surface area contributed by atoms with Crippen molar-refractivity contribution in [2.75, 3.05) is 0 Å². The highest BCUT2D eigenvalue weighted by atomic mass is 32.2. The Kier molecular flexibility index (Phi) is 4.75. The van der Waals surface area contributed by atoms with E-state index >= 15 is 0 Å². The number of phenols is 1. The number of rotatable bonds is 4. The van der Waals surface area contributed by atoms with Crippen LogP contribution in [0.1, 0.15) is 38.5 Å². The van der Waals surface area contributed by atoms with Crippen LogP contribution in [0.15, 0.2) is 39.7 Å². The predicted octanol–water partition coefficient (Wildman–Crippen LogP) is 4.83. The van der Waals surface area contributed by atoms with Crippen molar-refractivity contribution >= 4 is 40.3 Å². The monoisotopic (exact) mass is 373 g/mol. The number of benzene rings is 1. The molecule has 1 aliphatic heterocycles. The summed E-state index contributed by atoms with van der Waals surface area (Å²) in [7, 11) is 0. The number of hydrogen-bond donors (Lipinski definition) is 2. The zero-order valence-corrected chi connectivity index (χ0v) is 15.9. The van der Waals surface area contributed by atoms with Gasteiger partial charge in [-0.25, -0.2) is 0 Å². The van der Waals surface area contributed by atoms with Crippen LogP contribution in [-0.2, 0) is 10.2 Å². The molecule has 1 aromatic heterocycles. The summed E-state index contributed by atoms with van der Waals surface area (Å²) in [6, 6.07) is 9.15. The van der Waals surface area contributed by atoms with Crippen LogP contribution in [0.2, 0.25) is 0 Å². The van der Waals surface area contributed by atoms with Gasteiger partial charge in [0.25, 0.3) is 5.91 Å². The Labute approximate surface area is 156 Å². The second-order valence-electron chi connectivity index (χ2n) is 6.52. The van der Waals surface area contributed by atoms with E-state index in [0.717, 1.165) is 17.5 Å². The third kappa shape index (κ3) is 3.65. The summed E-state index contributed by atoms with van der Waals surface area (Å²) >= 11 is 6.20. The Morgan fingerprint density at radius 3 is 2.72 bits per heavy atom. The number of nitrogens with one attached hydrogen (secondary N) is 1. The molecule has 1 fully saturated rings. The first-order valence-electron chi connectivity index (χ1n) is 7.99. The topological polar surface area (TPSA) is 62.5 Å². The van der Waals surface area contributed by atoms with Crippen molar-refractivity contribution in [3.63, 3.8) is 0 Å². The predicted molar refractivity (Wildman–Crippen MR) is 105 cm³/mol. The van der Waals surface area contributed by atoms with E-state index in [9.17, 15) is 9.90 Å². The zero-order chi connectivity index (χ0) is 18.2. The third-order valence-electron chi connectivity index (χ3n) is 4.44. The van der Waals surface area contributed by atoms with Gasteiger partial charge in [0.1, 0.15) is 21.6 Å². The van der Waals surface area contributed by atoms with Gasteiger partial charge in [-0.3, -0.25) is 4.79 Å². The lowest BCUT2D eigenvalue weighted by atomic mass is 9.81. The van der Waals surface area contributed by atoms with E-state index < -0.39 is 0 Å². The van der Waals surface area contributed by atoms with Crippen molar-refractivity contribution in [2.45, 2.75) is 32.6 Å². The number of carbonyl (C=O) groups excluding carboxylic acids is 1. The van der Waals surface area contributed by atoms with E-state index in [0.29, 0.717) is 20.7 Å². The van der Waals surface area contributed by atoms with Crippen LogP contribution in [-0.4, -0.2) is 15.3 Å². The number of thioether (sulfide) groups is 1. The minimum atomic E-state index is -0.204. The number of aromatic hydroxyl groups is 1. The fourth-order valence-corrected chi connectivity index (χ4v) is 3.58. The first kappa shape index (κ1) is 17.8. The first-order chi connectivity index (χ1) is 11.8. The number of carbonyl (C=O) groups is 1. The molecule has 0 spiro atoms. The highest BCUT2D eigenvalue weighted by molar-refractivity contribution is 8.26.